The summed E-state index contributed by atoms with van der Waals surface area (Å²) in [4.78, 5) is 11.6. The fourth-order valence-electron chi connectivity index (χ4n) is 1.76. The summed E-state index contributed by atoms with van der Waals surface area (Å²) < 4.78 is 18.7. The Kier molecular flexibility index (Phi) is 5.65. The van der Waals surface area contributed by atoms with Gasteiger partial charge >= 0.3 is 0 Å². The number of hydrazone groups is 1. The van der Waals surface area contributed by atoms with E-state index >= 15 is 0 Å². The quantitative estimate of drug-likeness (QED) is 0.659. The van der Waals surface area contributed by atoms with E-state index in [1.54, 1.807) is 18.2 Å². The molecule has 114 valence electrons. The first-order valence-electron chi connectivity index (χ1n) is 6.97. The summed E-state index contributed by atoms with van der Waals surface area (Å²) in [5.74, 6) is -0.189. The summed E-state index contributed by atoms with van der Waals surface area (Å²) in [6.07, 6.45) is 2.20. The maximum Gasteiger partial charge on any atom is 0.277 e. The first kappa shape index (κ1) is 15.7. The van der Waals surface area contributed by atoms with E-state index in [1.165, 1.54) is 17.8 Å². The summed E-state index contributed by atoms with van der Waals surface area (Å²) in [6.45, 7) is 1.91. The van der Waals surface area contributed by atoms with Crippen molar-refractivity contribution < 1.29 is 13.9 Å². The number of nitrogens with one attached hydrogen (secondary N) is 1. The zero-order valence-electron chi connectivity index (χ0n) is 12.3. The molecule has 0 fully saturated rings. The number of halogens is 1. The van der Waals surface area contributed by atoms with Gasteiger partial charge in [-0.15, -0.1) is 0 Å². The van der Waals surface area contributed by atoms with E-state index in [-0.39, 0.29) is 6.61 Å². The lowest BCUT2D eigenvalue weighted by atomic mass is 10.2. The van der Waals surface area contributed by atoms with E-state index in [4.69, 9.17) is 4.74 Å². The van der Waals surface area contributed by atoms with Crippen molar-refractivity contribution in [2.75, 3.05) is 6.61 Å². The molecule has 2 rings (SSSR count). The van der Waals surface area contributed by atoms with Gasteiger partial charge in [0.15, 0.2) is 6.61 Å². The summed E-state index contributed by atoms with van der Waals surface area (Å²) >= 11 is 0. The number of aryl methyl sites for hydroxylation is 1. The third kappa shape index (κ3) is 4.70. The summed E-state index contributed by atoms with van der Waals surface area (Å²) in [6, 6.07) is 13.7. The Morgan fingerprint density at radius 1 is 1.23 bits per heavy atom. The minimum Gasteiger partial charge on any atom is -0.484 e. The van der Waals surface area contributed by atoms with Crippen LogP contribution in [0.15, 0.2) is 53.6 Å². The summed E-state index contributed by atoms with van der Waals surface area (Å²) in [7, 11) is 0. The van der Waals surface area contributed by atoms with Crippen molar-refractivity contribution in [3.63, 3.8) is 0 Å². The molecule has 1 N–H and O–H groups in total. The second-order valence-electron chi connectivity index (χ2n) is 4.60. The van der Waals surface area contributed by atoms with Crippen LogP contribution in [0.4, 0.5) is 4.39 Å². The van der Waals surface area contributed by atoms with Gasteiger partial charge in [0.1, 0.15) is 11.6 Å². The number of rotatable bonds is 6. The SMILES string of the molecule is CCc1ccc(OCC(=O)N/N=C/c2ccccc2F)cc1. The number of carbonyl (C=O) groups excluding carboxylic acids is 1. The summed E-state index contributed by atoms with van der Waals surface area (Å²) in [5, 5.41) is 3.70. The van der Waals surface area contributed by atoms with Crippen LogP contribution < -0.4 is 10.2 Å². The smallest absolute Gasteiger partial charge is 0.277 e. The van der Waals surface area contributed by atoms with Gasteiger partial charge in [0.2, 0.25) is 0 Å². The minimum atomic E-state index is -0.410. The largest absolute Gasteiger partial charge is 0.484 e. The molecule has 0 saturated carbocycles. The van der Waals surface area contributed by atoms with Crippen LogP contribution in [0.5, 0.6) is 5.75 Å². The Bertz CT molecular complexity index is 654. The lowest BCUT2D eigenvalue weighted by Gasteiger charge is -2.05. The van der Waals surface area contributed by atoms with Crippen LogP contribution in [0.1, 0.15) is 18.1 Å². The Morgan fingerprint density at radius 3 is 2.64 bits per heavy atom. The molecule has 5 heteroatoms. The van der Waals surface area contributed by atoms with Gasteiger partial charge in [-0.2, -0.15) is 5.10 Å². The van der Waals surface area contributed by atoms with E-state index in [1.807, 2.05) is 24.3 Å². The van der Waals surface area contributed by atoms with E-state index < -0.39 is 11.7 Å². The van der Waals surface area contributed by atoms with Crippen LogP contribution in [0.2, 0.25) is 0 Å². The van der Waals surface area contributed by atoms with Crippen LogP contribution in [-0.2, 0) is 11.2 Å². The standard InChI is InChI=1S/C17H17FN2O2/c1-2-13-7-9-15(10-8-13)22-12-17(21)20-19-11-14-5-3-4-6-16(14)18/h3-11H,2,12H2,1H3,(H,20,21)/b19-11+. The van der Waals surface area contributed by atoms with Crippen molar-refractivity contribution in [2.45, 2.75) is 13.3 Å². The molecule has 0 atom stereocenters. The molecule has 2 aromatic carbocycles. The molecule has 4 nitrogen and oxygen atoms in total. The predicted molar refractivity (Wildman–Crippen MR) is 83.5 cm³/mol. The Labute approximate surface area is 128 Å². The molecule has 2 aromatic rings. The van der Waals surface area contributed by atoms with Gasteiger partial charge in [-0.1, -0.05) is 37.3 Å². The van der Waals surface area contributed by atoms with E-state index in [0.29, 0.717) is 11.3 Å². The average Bonchev–Trinajstić information content (AvgIpc) is 2.55. The van der Waals surface area contributed by atoms with Gasteiger partial charge in [-0.05, 0) is 30.2 Å². The Balaban J connectivity index is 1.79. The molecule has 0 aromatic heterocycles. The van der Waals surface area contributed by atoms with Crippen LogP contribution in [0.3, 0.4) is 0 Å². The lowest BCUT2D eigenvalue weighted by Crippen LogP contribution is -2.24. The lowest BCUT2D eigenvalue weighted by molar-refractivity contribution is -0.123. The van der Waals surface area contributed by atoms with Crippen molar-refractivity contribution in [1.82, 2.24) is 5.43 Å². The van der Waals surface area contributed by atoms with E-state index in [9.17, 15) is 9.18 Å². The number of hydrogen-bond donors (Lipinski definition) is 1. The van der Waals surface area contributed by atoms with Gasteiger partial charge in [-0.3, -0.25) is 4.79 Å². The number of carbonyl (C=O) groups is 1. The van der Waals surface area contributed by atoms with Crippen LogP contribution in [0.25, 0.3) is 0 Å². The molecule has 0 bridgehead atoms. The normalized spacial score (nSPS) is 10.6. The monoisotopic (exact) mass is 300 g/mol. The van der Waals surface area contributed by atoms with Gasteiger partial charge in [0, 0.05) is 5.56 Å². The van der Waals surface area contributed by atoms with Gasteiger partial charge in [-0.25, -0.2) is 9.82 Å². The van der Waals surface area contributed by atoms with Crippen LogP contribution in [-0.4, -0.2) is 18.7 Å². The second kappa shape index (κ2) is 7.93. The Morgan fingerprint density at radius 2 is 1.95 bits per heavy atom. The number of benzene rings is 2. The van der Waals surface area contributed by atoms with E-state index in [2.05, 4.69) is 17.5 Å². The molecular weight excluding hydrogens is 283 g/mol. The molecule has 22 heavy (non-hydrogen) atoms. The van der Waals surface area contributed by atoms with Gasteiger partial charge in [0.25, 0.3) is 5.91 Å². The molecule has 0 aliphatic rings. The molecule has 0 radical (unpaired) electrons. The van der Waals surface area contributed by atoms with Crippen molar-refractivity contribution in [1.29, 1.82) is 0 Å². The highest BCUT2D eigenvalue weighted by molar-refractivity contribution is 5.83. The maximum absolute atomic E-state index is 13.3. The minimum absolute atomic E-state index is 0.153. The summed E-state index contributed by atoms with van der Waals surface area (Å²) in [5.41, 5.74) is 3.79. The van der Waals surface area contributed by atoms with Crippen LogP contribution >= 0.6 is 0 Å². The number of nitrogens with zero attached hydrogens (tertiary/aromatic N) is 1. The predicted octanol–water partition coefficient (Wildman–Crippen LogP) is 2.92. The molecule has 0 saturated heterocycles. The molecule has 1 amide bonds. The molecule has 0 spiro atoms. The zero-order valence-corrected chi connectivity index (χ0v) is 12.3. The number of amides is 1. The number of ether oxygens (including phenoxy) is 1. The maximum atomic E-state index is 13.3. The fraction of sp³-hybridized carbons (Fsp3) is 0.176. The molecule has 0 aliphatic carbocycles. The van der Waals surface area contributed by atoms with Crippen molar-refractivity contribution in [2.24, 2.45) is 5.10 Å². The molecule has 0 unspecified atom stereocenters. The van der Waals surface area contributed by atoms with Crippen LogP contribution in [0, 0.1) is 5.82 Å². The van der Waals surface area contributed by atoms with Gasteiger partial charge < -0.3 is 4.74 Å². The highest BCUT2D eigenvalue weighted by atomic mass is 19.1. The zero-order chi connectivity index (χ0) is 15.8. The third-order valence-corrected chi connectivity index (χ3v) is 3.00. The topological polar surface area (TPSA) is 50.7 Å². The van der Waals surface area contributed by atoms with Gasteiger partial charge in [0.05, 0.1) is 6.21 Å². The van der Waals surface area contributed by atoms with E-state index in [0.717, 1.165) is 6.42 Å². The first-order chi connectivity index (χ1) is 10.7. The first-order valence-corrected chi connectivity index (χ1v) is 6.97. The average molecular weight is 300 g/mol. The molecule has 0 heterocycles. The molecular formula is C17H17FN2O2. The fourth-order valence-corrected chi connectivity index (χ4v) is 1.76. The second-order valence-corrected chi connectivity index (χ2v) is 4.60. The third-order valence-electron chi connectivity index (χ3n) is 3.00. The highest BCUT2D eigenvalue weighted by Crippen LogP contribution is 2.12. The highest BCUT2D eigenvalue weighted by Gasteiger charge is 2.02. The Hall–Kier alpha value is -2.69. The molecule has 0 aliphatic heterocycles. The van der Waals surface area contributed by atoms with Crippen molar-refractivity contribution in [3.8, 4) is 5.75 Å². The van der Waals surface area contributed by atoms with Crippen molar-refractivity contribution >= 4 is 12.1 Å². The number of hydrogen-bond acceptors (Lipinski definition) is 3. The van der Waals surface area contributed by atoms with Crippen molar-refractivity contribution in [3.05, 3.63) is 65.5 Å².